The van der Waals surface area contributed by atoms with E-state index >= 15 is 0 Å². The van der Waals surface area contributed by atoms with Crippen molar-refractivity contribution in [2.75, 3.05) is 22.6 Å². The molecule has 6 heteroatoms. The summed E-state index contributed by atoms with van der Waals surface area (Å²) in [5.41, 5.74) is 8.33. The average Bonchev–Trinajstić information content (AvgIpc) is 2.46. The Kier molecular flexibility index (Phi) is 3.42. The highest BCUT2D eigenvalue weighted by Crippen LogP contribution is 2.37. The second kappa shape index (κ2) is 5.21. The molecule has 5 N–H and O–H groups in total. The first-order chi connectivity index (χ1) is 9.28. The molecule has 0 bridgehead atoms. The molecule has 0 spiro atoms. The highest BCUT2D eigenvalue weighted by Gasteiger charge is 2.34. The minimum Gasteiger partial charge on any atom is -0.368 e. The Bertz CT molecular complexity index is 447. The Labute approximate surface area is 113 Å². The van der Waals surface area contributed by atoms with Crippen molar-refractivity contribution in [3.8, 4) is 0 Å². The normalized spacial score (nSPS) is 26.9. The number of nitrogens with zero attached hydrogens (tertiary/aromatic N) is 3. The largest absolute Gasteiger partial charge is 0.368 e. The topological polar surface area (TPSA) is 93.1 Å². The standard InChI is InChI=1S/C13H22N6/c14-13-16-11(18-15)8-12(17-13)19-7-3-5-9-4-1-2-6-10(9)19/h8-10H,1-7,15H2,(H3,14,16,17,18)/t9-,10-/m1/s1. The molecule has 1 aromatic rings. The molecule has 3 rings (SSSR count). The second-order valence-electron chi connectivity index (χ2n) is 5.56. The molecule has 0 radical (unpaired) electrons. The predicted molar refractivity (Wildman–Crippen MR) is 76.6 cm³/mol. The number of rotatable bonds is 2. The van der Waals surface area contributed by atoms with Crippen LogP contribution in [0.3, 0.4) is 0 Å². The van der Waals surface area contributed by atoms with Crippen molar-refractivity contribution in [1.82, 2.24) is 9.97 Å². The van der Waals surface area contributed by atoms with Crippen molar-refractivity contribution in [2.24, 2.45) is 11.8 Å². The van der Waals surface area contributed by atoms with Gasteiger partial charge in [-0.1, -0.05) is 12.8 Å². The van der Waals surface area contributed by atoms with Crippen LogP contribution in [0.15, 0.2) is 6.07 Å². The highest BCUT2D eigenvalue weighted by molar-refractivity contribution is 5.53. The number of hydrogen-bond acceptors (Lipinski definition) is 6. The molecule has 2 heterocycles. The molecule has 1 aliphatic carbocycles. The number of anilines is 3. The van der Waals surface area contributed by atoms with Gasteiger partial charge in [0.05, 0.1) is 0 Å². The number of nitrogens with two attached hydrogens (primary N) is 2. The van der Waals surface area contributed by atoms with Gasteiger partial charge in [0.2, 0.25) is 5.95 Å². The van der Waals surface area contributed by atoms with Crippen LogP contribution in [0.2, 0.25) is 0 Å². The molecule has 1 saturated heterocycles. The zero-order valence-corrected chi connectivity index (χ0v) is 11.2. The van der Waals surface area contributed by atoms with E-state index in [1.54, 1.807) is 0 Å². The van der Waals surface area contributed by atoms with Gasteiger partial charge >= 0.3 is 0 Å². The average molecular weight is 262 g/mol. The van der Waals surface area contributed by atoms with Gasteiger partial charge in [0.15, 0.2) is 0 Å². The Balaban J connectivity index is 1.89. The fraction of sp³-hybridized carbons (Fsp3) is 0.692. The van der Waals surface area contributed by atoms with Gasteiger partial charge in [0.25, 0.3) is 0 Å². The van der Waals surface area contributed by atoms with E-state index < -0.39 is 0 Å². The monoisotopic (exact) mass is 262 g/mol. The predicted octanol–water partition coefficient (Wildman–Crippen LogP) is 1.50. The Morgan fingerprint density at radius 1 is 1.16 bits per heavy atom. The van der Waals surface area contributed by atoms with E-state index in [0.717, 1.165) is 18.3 Å². The first kappa shape index (κ1) is 12.5. The summed E-state index contributed by atoms with van der Waals surface area (Å²) in [7, 11) is 0. The van der Waals surface area contributed by atoms with E-state index in [1.165, 1.54) is 38.5 Å². The van der Waals surface area contributed by atoms with Crippen LogP contribution >= 0.6 is 0 Å². The van der Waals surface area contributed by atoms with Crippen LogP contribution in [-0.4, -0.2) is 22.6 Å². The van der Waals surface area contributed by atoms with Gasteiger partial charge in [-0.3, -0.25) is 0 Å². The van der Waals surface area contributed by atoms with Crippen LogP contribution in [0, 0.1) is 5.92 Å². The van der Waals surface area contributed by atoms with Crippen molar-refractivity contribution in [3.63, 3.8) is 0 Å². The van der Waals surface area contributed by atoms with Gasteiger partial charge in [-0.2, -0.15) is 9.97 Å². The minimum absolute atomic E-state index is 0.281. The van der Waals surface area contributed by atoms with Crippen LogP contribution < -0.4 is 21.9 Å². The van der Waals surface area contributed by atoms with Crippen LogP contribution in [0.5, 0.6) is 0 Å². The lowest BCUT2D eigenvalue weighted by Crippen LogP contribution is -2.47. The molecule has 1 aliphatic heterocycles. The van der Waals surface area contributed by atoms with E-state index in [-0.39, 0.29) is 5.95 Å². The SMILES string of the molecule is NNc1cc(N2CCC[C@H]3CCCC[C@H]32)nc(N)n1. The first-order valence-electron chi connectivity index (χ1n) is 7.16. The second-order valence-corrected chi connectivity index (χ2v) is 5.56. The van der Waals surface area contributed by atoms with Crippen LogP contribution in [0.4, 0.5) is 17.6 Å². The molecule has 6 nitrogen and oxygen atoms in total. The Hall–Kier alpha value is -1.56. The molecule has 104 valence electrons. The van der Waals surface area contributed by atoms with Crippen molar-refractivity contribution in [2.45, 2.75) is 44.6 Å². The van der Waals surface area contributed by atoms with Crippen LogP contribution in [0.1, 0.15) is 38.5 Å². The molecule has 2 fully saturated rings. The smallest absolute Gasteiger partial charge is 0.223 e. The minimum atomic E-state index is 0.281. The van der Waals surface area contributed by atoms with Gasteiger partial charge in [-0.25, -0.2) is 5.84 Å². The fourth-order valence-corrected chi connectivity index (χ4v) is 3.58. The molecular formula is C13H22N6. The van der Waals surface area contributed by atoms with Gasteiger partial charge < -0.3 is 16.1 Å². The van der Waals surface area contributed by atoms with E-state index in [9.17, 15) is 0 Å². The quantitative estimate of drug-likeness (QED) is 0.552. The van der Waals surface area contributed by atoms with Gasteiger partial charge in [0, 0.05) is 18.7 Å². The van der Waals surface area contributed by atoms with E-state index in [2.05, 4.69) is 20.3 Å². The maximum atomic E-state index is 5.77. The summed E-state index contributed by atoms with van der Waals surface area (Å²) >= 11 is 0. The van der Waals surface area contributed by atoms with Crippen molar-refractivity contribution < 1.29 is 0 Å². The first-order valence-corrected chi connectivity index (χ1v) is 7.16. The van der Waals surface area contributed by atoms with Gasteiger partial charge in [-0.15, -0.1) is 0 Å². The van der Waals surface area contributed by atoms with E-state index in [0.29, 0.717) is 11.9 Å². The number of piperidine rings is 1. The third-order valence-corrected chi connectivity index (χ3v) is 4.42. The molecule has 19 heavy (non-hydrogen) atoms. The molecular weight excluding hydrogens is 240 g/mol. The summed E-state index contributed by atoms with van der Waals surface area (Å²) in [6, 6.07) is 2.51. The molecule has 0 aromatic carbocycles. The maximum absolute atomic E-state index is 5.77. The zero-order valence-electron chi connectivity index (χ0n) is 11.2. The summed E-state index contributed by atoms with van der Waals surface area (Å²) in [6.07, 6.45) is 7.89. The van der Waals surface area contributed by atoms with Gasteiger partial charge in [0.1, 0.15) is 11.6 Å². The van der Waals surface area contributed by atoms with Crippen LogP contribution in [-0.2, 0) is 0 Å². The summed E-state index contributed by atoms with van der Waals surface area (Å²) in [5, 5.41) is 0. The number of hydrogen-bond donors (Lipinski definition) is 3. The zero-order chi connectivity index (χ0) is 13.2. The Morgan fingerprint density at radius 2 is 1.95 bits per heavy atom. The van der Waals surface area contributed by atoms with Crippen molar-refractivity contribution in [1.29, 1.82) is 0 Å². The number of nitrogens with one attached hydrogen (secondary N) is 1. The molecule has 2 atom stereocenters. The molecule has 1 aromatic heterocycles. The summed E-state index contributed by atoms with van der Waals surface area (Å²) in [4.78, 5) is 10.9. The number of nitrogen functional groups attached to an aromatic ring is 2. The molecule has 1 saturated carbocycles. The number of fused-ring (bicyclic) bond motifs is 1. The lowest BCUT2D eigenvalue weighted by Gasteiger charge is -2.44. The molecule has 0 unspecified atom stereocenters. The summed E-state index contributed by atoms with van der Waals surface area (Å²) < 4.78 is 0. The molecule has 2 aliphatic rings. The Morgan fingerprint density at radius 3 is 2.79 bits per heavy atom. The number of hydrazine groups is 1. The number of aromatic nitrogens is 2. The van der Waals surface area contributed by atoms with E-state index in [4.69, 9.17) is 11.6 Å². The summed E-state index contributed by atoms with van der Waals surface area (Å²) in [6.45, 7) is 1.06. The lowest BCUT2D eigenvalue weighted by molar-refractivity contribution is 0.243. The van der Waals surface area contributed by atoms with E-state index in [1.807, 2.05) is 6.07 Å². The molecule has 0 amide bonds. The van der Waals surface area contributed by atoms with Crippen LogP contribution in [0.25, 0.3) is 0 Å². The van der Waals surface area contributed by atoms with Crippen molar-refractivity contribution in [3.05, 3.63) is 6.07 Å². The van der Waals surface area contributed by atoms with Crippen molar-refractivity contribution >= 4 is 17.6 Å². The third kappa shape index (κ3) is 2.45. The highest BCUT2D eigenvalue weighted by atomic mass is 15.3. The third-order valence-electron chi connectivity index (χ3n) is 4.42. The maximum Gasteiger partial charge on any atom is 0.223 e. The lowest BCUT2D eigenvalue weighted by atomic mass is 9.78. The summed E-state index contributed by atoms with van der Waals surface area (Å²) in [5.74, 6) is 8.03. The van der Waals surface area contributed by atoms with Gasteiger partial charge in [-0.05, 0) is 31.6 Å². The fourth-order valence-electron chi connectivity index (χ4n) is 3.58.